The quantitative estimate of drug-likeness (QED) is 0.0984. The molecule has 6 rings (SSSR count). The molecular formula is C40H41F6N3O2. The van der Waals surface area contributed by atoms with Gasteiger partial charge in [-0.2, -0.15) is 26.3 Å². The first-order valence-corrected chi connectivity index (χ1v) is 17.0. The fourth-order valence-electron chi connectivity index (χ4n) is 7.16. The van der Waals surface area contributed by atoms with Gasteiger partial charge >= 0.3 is 12.4 Å². The molecule has 0 aromatic heterocycles. The summed E-state index contributed by atoms with van der Waals surface area (Å²) in [7, 11) is 2.00. The Labute approximate surface area is 294 Å². The van der Waals surface area contributed by atoms with Crippen molar-refractivity contribution in [1.29, 1.82) is 0 Å². The van der Waals surface area contributed by atoms with E-state index in [1.807, 2.05) is 55.6 Å². The Hall–Kier alpha value is -4.48. The number of carbonyl (C=O) groups is 2. The SMILES string of the molecule is CNC1CCN(CCCCC2(C(=O)NCC(F)(F)F)c3ccccc3-c3ccccc32)CC1.O=Cc1ccccc1-c1ccc(C(F)(F)F)cc1. The van der Waals surface area contributed by atoms with Crippen molar-refractivity contribution in [2.45, 2.75) is 55.9 Å². The maximum atomic E-state index is 13.5. The Morgan fingerprint density at radius 2 is 1.33 bits per heavy atom. The van der Waals surface area contributed by atoms with E-state index in [0.29, 0.717) is 35.4 Å². The number of hydrogen-bond acceptors (Lipinski definition) is 4. The van der Waals surface area contributed by atoms with Crippen LogP contribution in [0.25, 0.3) is 22.3 Å². The van der Waals surface area contributed by atoms with Gasteiger partial charge in [0.2, 0.25) is 5.91 Å². The molecule has 0 spiro atoms. The second-order valence-electron chi connectivity index (χ2n) is 12.9. The van der Waals surface area contributed by atoms with Crippen molar-refractivity contribution in [2.75, 3.05) is 33.2 Å². The molecule has 4 aromatic rings. The number of aldehydes is 1. The van der Waals surface area contributed by atoms with E-state index in [1.165, 1.54) is 12.1 Å². The molecule has 51 heavy (non-hydrogen) atoms. The molecule has 0 saturated carbocycles. The molecule has 11 heteroatoms. The Balaban J connectivity index is 0.000000236. The van der Waals surface area contributed by atoms with Gasteiger partial charge < -0.3 is 15.5 Å². The van der Waals surface area contributed by atoms with Crippen molar-refractivity contribution in [3.8, 4) is 22.3 Å². The molecule has 2 N–H and O–H groups in total. The highest BCUT2D eigenvalue weighted by Crippen LogP contribution is 2.51. The molecule has 0 radical (unpaired) electrons. The van der Waals surface area contributed by atoms with E-state index >= 15 is 0 Å². The van der Waals surface area contributed by atoms with Gasteiger partial charge in [0.1, 0.15) is 12.0 Å². The van der Waals surface area contributed by atoms with Crippen LogP contribution < -0.4 is 10.6 Å². The number of nitrogens with zero attached hydrogens (tertiary/aromatic N) is 1. The molecule has 0 atom stereocenters. The van der Waals surface area contributed by atoms with Crippen LogP contribution in [0.2, 0.25) is 0 Å². The number of benzene rings is 4. The first-order valence-electron chi connectivity index (χ1n) is 17.0. The molecule has 0 bridgehead atoms. The van der Waals surface area contributed by atoms with Gasteiger partial charge in [0.25, 0.3) is 0 Å². The van der Waals surface area contributed by atoms with Crippen LogP contribution in [0.1, 0.15) is 59.2 Å². The lowest BCUT2D eigenvalue weighted by atomic mass is 9.73. The highest BCUT2D eigenvalue weighted by Gasteiger charge is 2.49. The van der Waals surface area contributed by atoms with E-state index in [4.69, 9.17) is 0 Å². The minimum Gasteiger partial charge on any atom is -0.346 e. The van der Waals surface area contributed by atoms with Crippen LogP contribution in [0.5, 0.6) is 0 Å². The molecule has 1 fully saturated rings. The summed E-state index contributed by atoms with van der Waals surface area (Å²) in [6.07, 6.45) is -3.71. The Bertz CT molecular complexity index is 1730. The molecule has 1 heterocycles. The fourth-order valence-corrected chi connectivity index (χ4v) is 7.16. The van der Waals surface area contributed by atoms with Crippen molar-refractivity contribution in [3.05, 3.63) is 119 Å². The summed E-state index contributed by atoms with van der Waals surface area (Å²) >= 11 is 0. The summed E-state index contributed by atoms with van der Waals surface area (Å²) in [4.78, 5) is 26.8. The van der Waals surface area contributed by atoms with E-state index in [0.717, 1.165) is 79.7 Å². The number of nitrogens with one attached hydrogen (secondary N) is 2. The minimum atomic E-state index is -4.45. The highest BCUT2D eigenvalue weighted by atomic mass is 19.4. The van der Waals surface area contributed by atoms with Crippen molar-refractivity contribution in [3.63, 3.8) is 0 Å². The summed E-state index contributed by atoms with van der Waals surface area (Å²) in [5.41, 5.74) is 3.35. The molecule has 270 valence electrons. The van der Waals surface area contributed by atoms with Crippen LogP contribution in [0, 0.1) is 0 Å². The number of piperidine rings is 1. The van der Waals surface area contributed by atoms with E-state index < -0.39 is 35.8 Å². The second kappa shape index (κ2) is 16.2. The first kappa shape index (κ1) is 37.8. The normalized spacial score (nSPS) is 15.7. The zero-order valence-corrected chi connectivity index (χ0v) is 28.3. The Morgan fingerprint density at radius 1 is 0.784 bits per heavy atom. The molecule has 0 unspecified atom stereocenters. The summed E-state index contributed by atoms with van der Waals surface area (Å²) in [5, 5.41) is 5.54. The van der Waals surface area contributed by atoms with Gasteiger partial charge in [0.05, 0.1) is 5.56 Å². The van der Waals surface area contributed by atoms with Gasteiger partial charge in [0.15, 0.2) is 6.29 Å². The predicted molar refractivity (Wildman–Crippen MR) is 186 cm³/mol. The molecule has 5 nitrogen and oxygen atoms in total. The maximum absolute atomic E-state index is 13.5. The number of halogens is 6. The lowest BCUT2D eigenvalue weighted by molar-refractivity contribution is -0.141. The minimum absolute atomic E-state index is 0.456. The van der Waals surface area contributed by atoms with E-state index in [-0.39, 0.29) is 0 Å². The van der Waals surface area contributed by atoms with Crippen molar-refractivity contribution in [1.82, 2.24) is 15.5 Å². The number of likely N-dealkylation sites (tertiary alicyclic amines) is 1. The number of hydrogen-bond donors (Lipinski definition) is 2. The van der Waals surface area contributed by atoms with Gasteiger partial charge in [-0.1, -0.05) is 91.3 Å². The van der Waals surface area contributed by atoms with Gasteiger partial charge in [-0.15, -0.1) is 0 Å². The number of carbonyl (C=O) groups excluding carboxylic acids is 2. The number of alkyl halides is 6. The second-order valence-corrected chi connectivity index (χ2v) is 12.9. The van der Waals surface area contributed by atoms with Crippen LogP contribution in [0.3, 0.4) is 0 Å². The Morgan fingerprint density at radius 3 is 1.86 bits per heavy atom. The smallest absolute Gasteiger partial charge is 0.346 e. The Kier molecular flexibility index (Phi) is 12.0. The lowest BCUT2D eigenvalue weighted by Crippen LogP contribution is -2.47. The number of fused-ring (bicyclic) bond motifs is 3. The van der Waals surface area contributed by atoms with E-state index in [9.17, 15) is 35.9 Å². The number of unbranched alkanes of at least 4 members (excludes halogenated alkanes) is 1. The standard InChI is InChI=1S/C26H32F3N3O.C14H9F3O/c1-30-19-12-16-32(17-13-19)15-7-6-14-25(24(33)31-18-26(27,28)29)22-10-4-2-8-20(22)21-9-3-5-11-23(21)25;15-14(16,17)12-7-5-10(6-8-12)13-4-2-1-3-11(13)9-18/h2-5,8-11,19,30H,6-7,12-18H2,1H3,(H,31,33);1-9H. The number of amides is 1. The maximum Gasteiger partial charge on any atom is 0.416 e. The van der Waals surface area contributed by atoms with Crippen molar-refractivity contribution in [2.24, 2.45) is 0 Å². The van der Waals surface area contributed by atoms with Crippen molar-refractivity contribution >= 4 is 12.2 Å². The van der Waals surface area contributed by atoms with Crippen LogP contribution >= 0.6 is 0 Å². The van der Waals surface area contributed by atoms with Gasteiger partial charge in [0, 0.05) is 11.6 Å². The molecular weight excluding hydrogens is 668 g/mol. The van der Waals surface area contributed by atoms with Crippen LogP contribution in [-0.2, 0) is 16.4 Å². The molecule has 1 aliphatic carbocycles. The average Bonchev–Trinajstić information content (AvgIpc) is 3.42. The third-order valence-electron chi connectivity index (χ3n) is 9.78. The highest BCUT2D eigenvalue weighted by molar-refractivity contribution is 6.00. The molecule has 2 aliphatic rings. The van der Waals surface area contributed by atoms with Gasteiger partial charge in [-0.3, -0.25) is 9.59 Å². The monoisotopic (exact) mass is 709 g/mol. The molecule has 1 amide bonds. The third-order valence-corrected chi connectivity index (χ3v) is 9.78. The predicted octanol–water partition coefficient (Wildman–Crippen LogP) is 8.67. The van der Waals surface area contributed by atoms with Crippen LogP contribution in [-0.4, -0.2) is 62.5 Å². The third kappa shape index (κ3) is 8.88. The summed E-state index contributed by atoms with van der Waals surface area (Å²) in [5.74, 6) is -0.563. The van der Waals surface area contributed by atoms with Gasteiger partial charge in [-0.05, 0) is 97.9 Å². The zero-order valence-electron chi connectivity index (χ0n) is 28.3. The van der Waals surface area contributed by atoms with E-state index in [1.54, 1.807) is 24.3 Å². The van der Waals surface area contributed by atoms with Crippen molar-refractivity contribution < 1.29 is 35.9 Å². The fraction of sp³-hybridized carbons (Fsp3) is 0.350. The number of rotatable bonds is 10. The molecule has 1 saturated heterocycles. The van der Waals surface area contributed by atoms with Crippen LogP contribution in [0.15, 0.2) is 97.1 Å². The zero-order chi connectivity index (χ0) is 36.6. The van der Waals surface area contributed by atoms with Gasteiger partial charge in [-0.25, -0.2) is 0 Å². The average molecular weight is 710 g/mol. The largest absolute Gasteiger partial charge is 0.416 e. The molecule has 4 aromatic carbocycles. The summed E-state index contributed by atoms with van der Waals surface area (Å²) in [6.45, 7) is 1.72. The van der Waals surface area contributed by atoms with Crippen LogP contribution in [0.4, 0.5) is 26.3 Å². The van der Waals surface area contributed by atoms with E-state index in [2.05, 4.69) is 15.5 Å². The lowest BCUT2D eigenvalue weighted by Gasteiger charge is -2.33. The molecule has 1 aliphatic heterocycles. The first-order chi connectivity index (χ1) is 24.4. The topological polar surface area (TPSA) is 61.4 Å². The summed E-state index contributed by atoms with van der Waals surface area (Å²) < 4.78 is 76.1. The summed E-state index contributed by atoms with van der Waals surface area (Å²) in [6, 6.07) is 27.3.